The lowest BCUT2D eigenvalue weighted by atomic mass is 10.1. The average Bonchev–Trinajstić information content (AvgIpc) is 2.43. The minimum absolute atomic E-state index is 0.313. The summed E-state index contributed by atoms with van der Waals surface area (Å²) in [5.41, 5.74) is 0. The number of hydrogen-bond donors (Lipinski definition) is 1. The lowest BCUT2D eigenvalue weighted by Gasteiger charge is -1.97. The molecule has 0 heterocycles. The smallest absolute Gasteiger partial charge is 0.303 e. The molecule has 0 aromatic carbocycles. The fraction of sp³-hybridized carbons (Fsp3) is 0.722. The van der Waals surface area contributed by atoms with Gasteiger partial charge in [0.1, 0.15) is 0 Å². The van der Waals surface area contributed by atoms with Crippen LogP contribution >= 0.6 is 0 Å². The Bertz CT molecular complexity index is 307. The minimum Gasteiger partial charge on any atom is -0.481 e. The van der Waals surface area contributed by atoms with Crippen LogP contribution < -0.4 is 0 Å². The number of allylic oxidation sites excluding steroid dienone is 2. The van der Waals surface area contributed by atoms with Crippen LogP contribution in [-0.4, -0.2) is 11.1 Å². The summed E-state index contributed by atoms with van der Waals surface area (Å²) in [5.74, 6) is 5.59. The van der Waals surface area contributed by atoms with Crippen LogP contribution in [0.5, 0.6) is 0 Å². The van der Waals surface area contributed by atoms with E-state index in [1.807, 2.05) is 6.08 Å². The van der Waals surface area contributed by atoms with Crippen molar-refractivity contribution in [2.75, 3.05) is 0 Å². The Morgan fingerprint density at radius 3 is 2.45 bits per heavy atom. The normalized spacial score (nSPS) is 10.4. The van der Waals surface area contributed by atoms with Crippen molar-refractivity contribution in [1.29, 1.82) is 0 Å². The van der Waals surface area contributed by atoms with E-state index < -0.39 is 5.97 Å². The van der Waals surface area contributed by atoms with Crippen LogP contribution in [0.2, 0.25) is 0 Å². The molecule has 0 saturated heterocycles. The first kappa shape index (κ1) is 18.8. The molecule has 0 atom stereocenters. The number of hydrogen-bond acceptors (Lipinski definition) is 1. The van der Waals surface area contributed by atoms with Gasteiger partial charge in [0.15, 0.2) is 0 Å². The standard InChI is InChI=1S/C18H30O2/c1-2-3-4-5-6-7-8-9-10-11-12-13-14-15-16-17-18(19)20/h9-10H,2-6,11-17H2,1H3,(H,19,20). The predicted octanol–water partition coefficient (Wildman–Crippen LogP) is 5.33. The average molecular weight is 278 g/mol. The van der Waals surface area contributed by atoms with Crippen LogP contribution in [0, 0.1) is 11.8 Å². The molecule has 2 nitrogen and oxygen atoms in total. The van der Waals surface area contributed by atoms with Gasteiger partial charge in [-0.25, -0.2) is 0 Å². The van der Waals surface area contributed by atoms with Gasteiger partial charge >= 0.3 is 5.97 Å². The third-order valence-electron chi connectivity index (χ3n) is 3.22. The molecule has 2 heteroatoms. The summed E-state index contributed by atoms with van der Waals surface area (Å²) in [7, 11) is 0. The Hall–Kier alpha value is -1.23. The molecule has 0 amide bonds. The van der Waals surface area contributed by atoms with E-state index in [0.717, 1.165) is 32.1 Å². The van der Waals surface area contributed by atoms with Crippen molar-refractivity contribution in [2.45, 2.75) is 84.0 Å². The minimum atomic E-state index is -0.679. The lowest BCUT2D eigenvalue weighted by Crippen LogP contribution is -1.93. The molecule has 0 unspecified atom stereocenters. The zero-order chi connectivity index (χ0) is 14.9. The highest BCUT2D eigenvalue weighted by Crippen LogP contribution is 2.07. The lowest BCUT2D eigenvalue weighted by molar-refractivity contribution is -0.137. The Morgan fingerprint density at radius 1 is 1.00 bits per heavy atom. The first-order valence-electron chi connectivity index (χ1n) is 8.12. The summed E-state index contributed by atoms with van der Waals surface area (Å²) in [5, 5.41) is 8.50. The predicted molar refractivity (Wildman–Crippen MR) is 85.6 cm³/mol. The first-order chi connectivity index (χ1) is 9.77. The summed E-state index contributed by atoms with van der Waals surface area (Å²) in [6.07, 6.45) is 17.0. The second-order valence-electron chi connectivity index (χ2n) is 5.23. The molecule has 0 bridgehead atoms. The second-order valence-corrected chi connectivity index (χ2v) is 5.23. The van der Waals surface area contributed by atoms with E-state index in [1.54, 1.807) is 0 Å². The van der Waals surface area contributed by atoms with Gasteiger partial charge in [-0.1, -0.05) is 63.4 Å². The van der Waals surface area contributed by atoms with Gasteiger partial charge < -0.3 is 5.11 Å². The van der Waals surface area contributed by atoms with Gasteiger partial charge in [0.2, 0.25) is 0 Å². The highest BCUT2D eigenvalue weighted by atomic mass is 16.4. The van der Waals surface area contributed by atoms with Crippen molar-refractivity contribution in [2.24, 2.45) is 0 Å². The van der Waals surface area contributed by atoms with Crippen molar-refractivity contribution >= 4 is 5.97 Å². The molecule has 0 saturated carbocycles. The Morgan fingerprint density at radius 2 is 1.70 bits per heavy atom. The summed E-state index contributed by atoms with van der Waals surface area (Å²) in [6, 6.07) is 0. The molecule has 1 N–H and O–H groups in total. The largest absolute Gasteiger partial charge is 0.481 e. The second kappa shape index (κ2) is 15.8. The van der Waals surface area contributed by atoms with Crippen molar-refractivity contribution in [3.63, 3.8) is 0 Å². The van der Waals surface area contributed by atoms with Crippen molar-refractivity contribution in [3.05, 3.63) is 12.2 Å². The van der Waals surface area contributed by atoms with E-state index in [1.165, 1.54) is 38.5 Å². The highest BCUT2D eigenvalue weighted by Gasteiger charge is 1.95. The molecule has 0 spiro atoms. The fourth-order valence-electron chi connectivity index (χ4n) is 1.98. The van der Waals surface area contributed by atoms with Crippen LogP contribution in [0.25, 0.3) is 0 Å². The molecule has 20 heavy (non-hydrogen) atoms. The zero-order valence-corrected chi connectivity index (χ0v) is 13.0. The van der Waals surface area contributed by atoms with E-state index in [0.29, 0.717) is 6.42 Å². The molecular formula is C18H30O2. The molecule has 0 radical (unpaired) electrons. The van der Waals surface area contributed by atoms with Crippen LogP contribution in [0.15, 0.2) is 12.2 Å². The van der Waals surface area contributed by atoms with Gasteiger partial charge in [0, 0.05) is 12.8 Å². The maximum Gasteiger partial charge on any atom is 0.303 e. The molecule has 114 valence electrons. The van der Waals surface area contributed by atoms with Gasteiger partial charge in [0.25, 0.3) is 0 Å². The molecule has 0 fully saturated rings. The maximum absolute atomic E-state index is 10.3. The third kappa shape index (κ3) is 16.8. The van der Waals surface area contributed by atoms with Crippen LogP contribution in [0.4, 0.5) is 0 Å². The number of carboxylic acids is 1. The SMILES string of the molecule is CCCCCCC#CC=CCCCCCCCC(=O)O. The first-order valence-corrected chi connectivity index (χ1v) is 8.12. The Balaban J connectivity index is 3.23. The van der Waals surface area contributed by atoms with E-state index in [4.69, 9.17) is 5.11 Å². The Kier molecular flexibility index (Phi) is 14.9. The number of unbranched alkanes of at least 4 members (excludes halogenated alkanes) is 9. The highest BCUT2D eigenvalue weighted by molar-refractivity contribution is 5.66. The van der Waals surface area contributed by atoms with Gasteiger partial charge in [-0.05, 0) is 31.8 Å². The number of aliphatic carboxylic acids is 1. The maximum atomic E-state index is 10.3. The van der Waals surface area contributed by atoms with Crippen LogP contribution in [0.1, 0.15) is 84.0 Å². The molecule has 0 aromatic rings. The number of carboxylic acid groups (broad SMARTS) is 1. The van der Waals surface area contributed by atoms with E-state index in [2.05, 4.69) is 24.8 Å². The fourth-order valence-corrected chi connectivity index (χ4v) is 1.98. The summed E-state index contributed by atoms with van der Waals surface area (Å²) in [4.78, 5) is 10.3. The van der Waals surface area contributed by atoms with Gasteiger partial charge in [0.05, 0.1) is 0 Å². The quantitative estimate of drug-likeness (QED) is 0.387. The summed E-state index contributed by atoms with van der Waals surface area (Å²) < 4.78 is 0. The molecule has 0 aliphatic rings. The van der Waals surface area contributed by atoms with Gasteiger partial charge in [-0.15, -0.1) is 0 Å². The zero-order valence-electron chi connectivity index (χ0n) is 13.0. The van der Waals surface area contributed by atoms with E-state index in [9.17, 15) is 4.79 Å². The molecule has 0 aromatic heterocycles. The third-order valence-corrected chi connectivity index (χ3v) is 3.22. The van der Waals surface area contributed by atoms with E-state index >= 15 is 0 Å². The van der Waals surface area contributed by atoms with Crippen LogP contribution in [-0.2, 0) is 4.79 Å². The summed E-state index contributed by atoms with van der Waals surface area (Å²) in [6.45, 7) is 2.22. The number of rotatable bonds is 12. The molecular weight excluding hydrogens is 248 g/mol. The van der Waals surface area contributed by atoms with Crippen molar-refractivity contribution in [1.82, 2.24) is 0 Å². The molecule has 0 aliphatic heterocycles. The monoisotopic (exact) mass is 278 g/mol. The van der Waals surface area contributed by atoms with Crippen molar-refractivity contribution < 1.29 is 9.90 Å². The van der Waals surface area contributed by atoms with Crippen molar-refractivity contribution in [3.8, 4) is 11.8 Å². The van der Waals surface area contributed by atoms with Crippen LogP contribution in [0.3, 0.4) is 0 Å². The summed E-state index contributed by atoms with van der Waals surface area (Å²) >= 11 is 0. The number of carbonyl (C=O) groups is 1. The van der Waals surface area contributed by atoms with Gasteiger partial charge in [-0.3, -0.25) is 4.79 Å². The molecule has 0 aliphatic carbocycles. The molecule has 0 rings (SSSR count). The van der Waals surface area contributed by atoms with E-state index in [-0.39, 0.29) is 0 Å². The Labute approximate surface area is 124 Å². The van der Waals surface area contributed by atoms with Gasteiger partial charge in [-0.2, -0.15) is 0 Å². The topological polar surface area (TPSA) is 37.3 Å².